The average Bonchev–Trinajstić information content (AvgIpc) is 2.80. The molecule has 1 aromatic heterocycles. The molecule has 0 aliphatic rings. The van der Waals surface area contributed by atoms with Gasteiger partial charge in [-0.1, -0.05) is 0 Å². The van der Waals surface area contributed by atoms with E-state index in [0.29, 0.717) is 33.9 Å². The summed E-state index contributed by atoms with van der Waals surface area (Å²) in [6.07, 6.45) is -0.978. The highest BCUT2D eigenvalue weighted by Crippen LogP contribution is 2.22. The fourth-order valence-corrected chi connectivity index (χ4v) is 2.40. The minimum atomic E-state index is -0.978. The van der Waals surface area contributed by atoms with Crippen LogP contribution in [0.3, 0.4) is 0 Å². The van der Waals surface area contributed by atoms with Crippen LogP contribution in [0.25, 0.3) is 0 Å². The number of furan rings is 1. The first kappa shape index (κ1) is 18.4. The SMILES string of the molecule is CC(=O)c1ccc(NC(=O)[C@@H](C)OC(=O)c2c(C)oc(C)c2C)cc1. The zero-order valence-corrected chi connectivity index (χ0v) is 14.9. The van der Waals surface area contributed by atoms with E-state index in [9.17, 15) is 14.4 Å². The first-order valence-corrected chi connectivity index (χ1v) is 7.90. The molecule has 0 bridgehead atoms. The number of anilines is 1. The standard InChI is InChI=1S/C19H21NO5/c1-10-12(3)24-13(4)17(10)19(23)25-14(5)18(22)20-16-8-6-15(7-9-16)11(2)21/h6-9,14H,1-5H3,(H,20,22)/t14-/m1/s1. The summed E-state index contributed by atoms with van der Waals surface area (Å²) in [5.41, 5.74) is 2.13. The van der Waals surface area contributed by atoms with Gasteiger partial charge < -0.3 is 14.5 Å². The van der Waals surface area contributed by atoms with Crippen LogP contribution >= 0.6 is 0 Å². The molecule has 132 valence electrons. The quantitative estimate of drug-likeness (QED) is 0.662. The maximum absolute atomic E-state index is 12.3. The predicted molar refractivity (Wildman–Crippen MR) is 92.9 cm³/mol. The Bertz CT molecular complexity index is 817. The second-order valence-corrected chi connectivity index (χ2v) is 5.88. The Kier molecular flexibility index (Phi) is 5.41. The molecule has 0 aliphatic heterocycles. The highest BCUT2D eigenvalue weighted by Gasteiger charge is 2.24. The number of hydrogen-bond acceptors (Lipinski definition) is 5. The van der Waals surface area contributed by atoms with Gasteiger partial charge in [0.15, 0.2) is 11.9 Å². The first-order chi connectivity index (χ1) is 11.7. The van der Waals surface area contributed by atoms with Crippen molar-refractivity contribution in [2.24, 2.45) is 0 Å². The Morgan fingerprint density at radius 2 is 1.64 bits per heavy atom. The molecule has 6 nitrogen and oxygen atoms in total. The molecule has 6 heteroatoms. The van der Waals surface area contributed by atoms with Crippen molar-refractivity contribution in [3.05, 3.63) is 52.5 Å². The Hall–Kier alpha value is -2.89. The van der Waals surface area contributed by atoms with Gasteiger partial charge >= 0.3 is 5.97 Å². The molecule has 0 unspecified atom stereocenters. The molecule has 1 atom stereocenters. The molecule has 1 amide bonds. The number of Topliss-reactive ketones (excluding diaryl/α,β-unsaturated/α-hetero) is 1. The Morgan fingerprint density at radius 3 is 2.12 bits per heavy atom. The average molecular weight is 343 g/mol. The third-order valence-corrected chi connectivity index (χ3v) is 3.98. The number of esters is 1. The number of ether oxygens (including phenoxy) is 1. The molecule has 1 heterocycles. The van der Waals surface area contributed by atoms with Gasteiger partial charge in [0.05, 0.1) is 0 Å². The number of ketones is 1. The van der Waals surface area contributed by atoms with E-state index in [1.165, 1.54) is 13.8 Å². The molecule has 0 radical (unpaired) electrons. The zero-order valence-electron chi connectivity index (χ0n) is 14.9. The maximum Gasteiger partial charge on any atom is 0.342 e. The van der Waals surface area contributed by atoms with Crippen molar-refractivity contribution in [2.75, 3.05) is 5.32 Å². The van der Waals surface area contributed by atoms with E-state index in [0.717, 1.165) is 0 Å². The highest BCUT2D eigenvalue weighted by molar-refractivity contribution is 5.99. The van der Waals surface area contributed by atoms with Crippen LogP contribution in [0.15, 0.2) is 28.7 Å². The molecule has 0 fully saturated rings. The molecule has 1 N–H and O–H groups in total. The fourth-order valence-electron chi connectivity index (χ4n) is 2.40. The second kappa shape index (κ2) is 7.34. The number of carbonyl (C=O) groups is 3. The fraction of sp³-hybridized carbons (Fsp3) is 0.316. The summed E-state index contributed by atoms with van der Waals surface area (Å²) < 4.78 is 10.6. The van der Waals surface area contributed by atoms with Crippen LogP contribution in [0.2, 0.25) is 0 Å². The van der Waals surface area contributed by atoms with Crippen LogP contribution in [-0.2, 0) is 9.53 Å². The molecule has 2 rings (SSSR count). The van der Waals surface area contributed by atoms with Gasteiger partial charge in [-0.25, -0.2) is 4.79 Å². The number of benzene rings is 1. The number of rotatable bonds is 5. The van der Waals surface area contributed by atoms with E-state index in [1.807, 2.05) is 0 Å². The van der Waals surface area contributed by atoms with Crippen LogP contribution in [-0.4, -0.2) is 23.8 Å². The van der Waals surface area contributed by atoms with Crippen molar-refractivity contribution in [1.82, 2.24) is 0 Å². The Balaban J connectivity index is 2.02. The summed E-state index contributed by atoms with van der Waals surface area (Å²) in [7, 11) is 0. The third-order valence-electron chi connectivity index (χ3n) is 3.98. The van der Waals surface area contributed by atoms with Gasteiger partial charge in [0.2, 0.25) is 0 Å². The topological polar surface area (TPSA) is 85.6 Å². The van der Waals surface area contributed by atoms with Crippen molar-refractivity contribution in [3.63, 3.8) is 0 Å². The number of aryl methyl sites for hydroxylation is 2. The lowest BCUT2D eigenvalue weighted by Gasteiger charge is -2.14. The van der Waals surface area contributed by atoms with Crippen LogP contribution in [0.5, 0.6) is 0 Å². The van der Waals surface area contributed by atoms with Crippen molar-refractivity contribution in [1.29, 1.82) is 0 Å². The van der Waals surface area contributed by atoms with Crippen LogP contribution in [0.1, 0.15) is 51.6 Å². The van der Waals surface area contributed by atoms with E-state index in [-0.39, 0.29) is 5.78 Å². The van der Waals surface area contributed by atoms with Gasteiger partial charge in [0, 0.05) is 16.8 Å². The number of hydrogen-bond donors (Lipinski definition) is 1. The van der Waals surface area contributed by atoms with E-state index >= 15 is 0 Å². The van der Waals surface area contributed by atoms with Crippen molar-refractivity contribution in [2.45, 2.75) is 40.7 Å². The van der Waals surface area contributed by atoms with Crippen LogP contribution in [0.4, 0.5) is 5.69 Å². The number of amides is 1. The van der Waals surface area contributed by atoms with Gasteiger partial charge in [-0.3, -0.25) is 9.59 Å². The van der Waals surface area contributed by atoms with E-state index in [2.05, 4.69) is 5.32 Å². The molecular formula is C19H21NO5. The monoisotopic (exact) mass is 343 g/mol. The lowest BCUT2D eigenvalue weighted by Crippen LogP contribution is -2.30. The van der Waals surface area contributed by atoms with Crippen molar-refractivity contribution >= 4 is 23.3 Å². The molecule has 1 aromatic carbocycles. The lowest BCUT2D eigenvalue weighted by molar-refractivity contribution is -0.123. The van der Waals surface area contributed by atoms with Gasteiger partial charge in [-0.2, -0.15) is 0 Å². The van der Waals surface area contributed by atoms with Crippen LogP contribution in [0, 0.1) is 20.8 Å². The van der Waals surface area contributed by atoms with Crippen molar-refractivity contribution in [3.8, 4) is 0 Å². The van der Waals surface area contributed by atoms with Gasteiger partial charge in [0.1, 0.15) is 17.1 Å². The van der Waals surface area contributed by atoms with Gasteiger partial charge in [-0.05, 0) is 58.9 Å². The molecule has 0 spiro atoms. The van der Waals surface area contributed by atoms with Gasteiger partial charge in [0.25, 0.3) is 5.91 Å². The lowest BCUT2D eigenvalue weighted by atomic mass is 10.1. The van der Waals surface area contributed by atoms with E-state index < -0.39 is 18.0 Å². The summed E-state index contributed by atoms with van der Waals surface area (Å²) in [6.45, 7) is 8.17. The van der Waals surface area contributed by atoms with Gasteiger partial charge in [-0.15, -0.1) is 0 Å². The molecule has 2 aromatic rings. The normalized spacial score (nSPS) is 11.7. The Morgan fingerprint density at radius 1 is 1.04 bits per heavy atom. The van der Waals surface area contributed by atoms with Crippen LogP contribution < -0.4 is 5.32 Å². The number of nitrogens with one attached hydrogen (secondary N) is 1. The molecular weight excluding hydrogens is 322 g/mol. The summed E-state index contributed by atoms with van der Waals surface area (Å²) >= 11 is 0. The Labute approximate surface area is 146 Å². The molecule has 0 saturated heterocycles. The predicted octanol–water partition coefficient (Wildman–Crippen LogP) is 3.59. The summed E-state index contributed by atoms with van der Waals surface area (Å²) in [5.74, 6) is 0.00161. The second-order valence-electron chi connectivity index (χ2n) is 5.88. The molecule has 25 heavy (non-hydrogen) atoms. The molecule has 0 aliphatic carbocycles. The van der Waals surface area contributed by atoms with E-state index in [4.69, 9.17) is 9.15 Å². The third kappa shape index (κ3) is 4.15. The zero-order chi connectivity index (χ0) is 18.7. The largest absolute Gasteiger partial charge is 0.465 e. The smallest absolute Gasteiger partial charge is 0.342 e. The summed E-state index contributed by atoms with van der Waals surface area (Å²) in [5, 5.41) is 2.65. The highest BCUT2D eigenvalue weighted by atomic mass is 16.5. The number of carbonyl (C=O) groups excluding carboxylic acids is 3. The van der Waals surface area contributed by atoms with Crippen molar-refractivity contribution < 1.29 is 23.5 Å². The minimum Gasteiger partial charge on any atom is -0.465 e. The first-order valence-electron chi connectivity index (χ1n) is 7.90. The maximum atomic E-state index is 12.3. The van der Waals surface area contributed by atoms with E-state index in [1.54, 1.807) is 45.0 Å². The minimum absolute atomic E-state index is 0.0543. The molecule has 0 saturated carbocycles. The summed E-state index contributed by atoms with van der Waals surface area (Å²) in [4.78, 5) is 35.7. The summed E-state index contributed by atoms with van der Waals surface area (Å²) in [6, 6.07) is 6.49.